The van der Waals surface area contributed by atoms with Gasteiger partial charge in [-0.1, -0.05) is 25.8 Å². The summed E-state index contributed by atoms with van der Waals surface area (Å²) in [6.45, 7) is 10.4. The van der Waals surface area contributed by atoms with Crippen LogP contribution in [0.25, 0.3) is 0 Å². The van der Waals surface area contributed by atoms with Crippen molar-refractivity contribution >= 4 is 0 Å². The quantitative estimate of drug-likeness (QED) is 0.354. The highest BCUT2D eigenvalue weighted by molar-refractivity contribution is 4.51. The lowest BCUT2D eigenvalue weighted by molar-refractivity contribution is -0.870. The van der Waals surface area contributed by atoms with Gasteiger partial charge < -0.3 is 21.6 Å². The third-order valence-electron chi connectivity index (χ3n) is 1.80. The number of halogens is 1. The van der Waals surface area contributed by atoms with Gasteiger partial charge in [0.1, 0.15) is 6.54 Å². The number of likely N-dealkylation sites (N-methyl/N-ethyl adjacent to an activating group) is 1. The van der Waals surface area contributed by atoms with Gasteiger partial charge in [-0.15, -0.1) is 6.58 Å². The molecule has 0 N–H and O–H groups in total. The van der Waals surface area contributed by atoms with Gasteiger partial charge in [0.2, 0.25) is 0 Å². The highest BCUT2D eigenvalue weighted by atomic mass is 35.5. The number of hydrogen-bond acceptors (Lipinski definition) is 1. The summed E-state index contributed by atoms with van der Waals surface area (Å²) < 4.78 is 6.49. The van der Waals surface area contributed by atoms with Crippen molar-refractivity contribution in [2.75, 3.05) is 40.9 Å². The predicted molar refractivity (Wildman–Crippen MR) is 69.1 cm³/mol. The molecule has 100 valence electrons. The van der Waals surface area contributed by atoms with Crippen molar-refractivity contribution in [2.45, 2.75) is 33.1 Å². The minimum atomic E-state index is 0. The van der Waals surface area contributed by atoms with E-state index in [4.69, 9.17) is 4.74 Å². The molecule has 16 heavy (non-hydrogen) atoms. The largest absolute Gasteiger partial charge is 1.00 e. The van der Waals surface area contributed by atoms with Crippen molar-refractivity contribution in [2.24, 2.45) is 0 Å². The molecule has 0 radical (unpaired) electrons. The molecule has 0 saturated carbocycles. The Labute approximate surface area is 109 Å². The highest BCUT2D eigenvalue weighted by Gasteiger charge is 2.04. The van der Waals surface area contributed by atoms with E-state index in [1.165, 1.54) is 19.3 Å². The van der Waals surface area contributed by atoms with Crippen LogP contribution in [0.15, 0.2) is 12.7 Å². The fraction of sp³-hybridized carbons (Fsp3) is 0.846. The van der Waals surface area contributed by atoms with E-state index in [0.29, 0.717) is 0 Å². The number of nitrogens with zero attached hydrogens (tertiary/aromatic N) is 1. The third-order valence-corrected chi connectivity index (χ3v) is 1.80. The van der Waals surface area contributed by atoms with Gasteiger partial charge in [0.15, 0.2) is 0 Å². The van der Waals surface area contributed by atoms with Gasteiger partial charge in [-0.2, -0.15) is 0 Å². The molecular weight excluding hydrogens is 222 g/mol. The minimum absolute atomic E-state index is 0. The first-order chi connectivity index (χ1) is 6.97. The molecule has 0 aliphatic carbocycles. The van der Waals surface area contributed by atoms with E-state index in [0.717, 1.165) is 24.2 Å². The average molecular weight is 252 g/mol. The second kappa shape index (κ2) is 14.9. The van der Waals surface area contributed by atoms with Gasteiger partial charge in [-0.3, -0.25) is 0 Å². The molecule has 0 aromatic heterocycles. The van der Waals surface area contributed by atoms with Gasteiger partial charge in [0.05, 0.1) is 27.7 Å². The van der Waals surface area contributed by atoms with Crippen molar-refractivity contribution in [1.82, 2.24) is 0 Å². The maximum Gasteiger partial charge on any atom is 0.102 e. The number of ether oxygens (including phenoxy) is 1. The summed E-state index contributed by atoms with van der Waals surface area (Å²) >= 11 is 0. The molecule has 0 unspecified atom stereocenters. The summed E-state index contributed by atoms with van der Waals surface area (Å²) in [6.07, 6.45) is 5.54. The van der Waals surface area contributed by atoms with E-state index in [2.05, 4.69) is 34.6 Å². The smallest absolute Gasteiger partial charge is 0.102 e. The zero-order chi connectivity index (χ0) is 12.2. The lowest BCUT2D eigenvalue weighted by Crippen LogP contribution is -3.00. The summed E-state index contributed by atoms with van der Waals surface area (Å²) in [7, 11) is 6.57. The number of hydrogen-bond donors (Lipinski definition) is 0. The van der Waals surface area contributed by atoms with E-state index in [1.807, 2.05) is 6.92 Å². The van der Waals surface area contributed by atoms with E-state index in [-0.39, 0.29) is 12.4 Å². The van der Waals surface area contributed by atoms with Crippen LogP contribution in [-0.4, -0.2) is 45.4 Å². The van der Waals surface area contributed by atoms with Gasteiger partial charge >= 0.3 is 0 Å². The van der Waals surface area contributed by atoms with Crippen molar-refractivity contribution < 1.29 is 21.6 Å². The SMILES string of the molecule is C=CC.CCCCCOCC[N+](C)(C)C.[Cl-]. The molecule has 0 bridgehead atoms. The first kappa shape index (κ1) is 21.3. The highest BCUT2D eigenvalue weighted by Crippen LogP contribution is 1.95. The molecule has 0 aliphatic heterocycles. The lowest BCUT2D eigenvalue weighted by atomic mass is 10.3. The van der Waals surface area contributed by atoms with Crippen molar-refractivity contribution in [1.29, 1.82) is 0 Å². The normalized spacial score (nSPS) is 9.81. The Balaban J connectivity index is -0.000000377. The van der Waals surface area contributed by atoms with Gasteiger partial charge in [0.25, 0.3) is 0 Å². The van der Waals surface area contributed by atoms with E-state index in [1.54, 1.807) is 6.08 Å². The van der Waals surface area contributed by atoms with Crippen LogP contribution < -0.4 is 12.4 Å². The average Bonchev–Trinajstić information content (AvgIpc) is 2.11. The Bertz CT molecular complexity index is 132. The second-order valence-corrected chi connectivity index (χ2v) is 4.74. The first-order valence-corrected chi connectivity index (χ1v) is 5.93. The van der Waals surface area contributed by atoms with E-state index >= 15 is 0 Å². The molecule has 2 nitrogen and oxygen atoms in total. The van der Waals surface area contributed by atoms with Crippen molar-refractivity contribution in [3.8, 4) is 0 Å². The number of rotatable bonds is 7. The molecule has 0 heterocycles. The molecule has 0 rings (SSSR count). The maximum absolute atomic E-state index is 5.50. The Hall–Kier alpha value is -0.0500. The van der Waals surface area contributed by atoms with Crippen LogP contribution >= 0.6 is 0 Å². The molecule has 0 saturated heterocycles. The van der Waals surface area contributed by atoms with Gasteiger partial charge in [-0.25, -0.2) is 0 Å². The number of unbranched alkanes of at least 4 members (excludes halogenated alkanes) is 2. The van der Waals surface area contributed by atoms with E-state index in [9.17, 15) is 0 Å². The third kappa shape index (κ3) is 29.2. The standard InChI is InChI=1S/C10H24NO.C3H6.ClH/c1-5-6-7-9-12-10-8-11(2,3)4;1-3-2;/h5-10H2,1-4H3;3H,1H2,2H3;1H/q+1;;/p-1. The zero-order valence-corrected chi connectivity index (χ0v) is 12.5. The molecule has 0 aliphatic rings. The van der Waals surface area contributed by atoms with Crippen LogP contribution in [0.2, 0.25) is 0 Å². The van der Waals surface area contributed by atoms with Crippen LogP contribution in [0.3, 0.4) is 0 Å². The summed E-state index contributed by atoms with van der Waals surface area (Å²) in [5, 5.41) is 0. The summed E-state index contributed by atoms with van der Waals surface area (Å²) in [5.74, 6) is 0. The molecule has 0 aromatic rings. The van der Waals surface area contributed by atoms with Crippen LogP contribution in [0.1, 0.15) is 33.1 Å². The Morgan fingerprint density at radius 3 is 2.00 bits per heavy atom. The summed E-state index contributed by atoms with van der Waals surface area (Å²) in [6, 6.07) is 0. The zero-order valence-electron chi connectivity index (χ0n) is 11.8. The molecule has 3 heteroatoms. The van der Waals surface area contributed by atoms with Gasteiger partial charge in [-0.05, 0) is 13.3 Å². The maximum atomic E-state index is 5.50. The summed E-state index contributed by atoms with van der Waals surface area (Å²) in [4.78, 5) is 0. The lowest BCUT2D eigenvalue weighted by Gasteiger charge is -2.23. The fourth-order valence-corrected chi connectivity index (χ4v) is 0.895. The Morgan fingerprint density at radius 1 is 1.12 bits per heavy atom. The predicted octanol–water partition coefficient (Wildman–Crippen LogP) is 0.0957. The van der Waals surface area contributed by atoms with Crippen LogP contribution in [0.5, 0.6) is 0 Å². The number of quaternary nitrogens is 1. The van der Waals surface area contributed by atoms with Crippen LogP contribution in [-0.2, 0) is 4.74 Å². The molecular formula is C13H30ClNO. The molecule has 0 aromatic carbocycles. The fourth-order valence-electron chi connectivity index (χ4n) is 0.895. The van der Waals surface area contributed by atoms with Crippen molar-refractivity contribution in [3.63, 3.8) is 0 Å². The van der Waals surface area contributed by atoms with Crippen LogP contribution in [0, 0.1) is 0 Å². The summed E-state index contributed by atoms with van der Waals surface area (Å²) in [5.41, 5.74) is 0. The Kier molecular flexibility index (Phi) is 19.9. The van der Waals surface area contributed by atoms with Crippen LogP contribution in [0.4, 0.5) is 0 Å². The minimum Gasteiger partial charge on any atom is -1.00 e. The molecule has 0 atom stereocenters. The number of allylic oxidation sites excluding steroid dienone is 1. The molecule has 0 spiro atoms. The van der Waals surface area contributed by atoms with Crippen molar-refractivity contribution in [3.05, 3.63) is 12.7 Å². The molecule has 0 fully saturated rings. The Morgan fingerprint density at radius 2 is 1.62 bits per heavy atom. The second-order valence-electron chi connectivity index (χ2n) is 4.74. The van der Waals surface area contributed by atoms with Gasteiger partial charge in [0, 0.05) is 6.61 Å². The molecule has 0 amide bonds. The topological polar surface area (TPSA) is 9.23 Å². The van der Waals surface area contributed by atoms with E-state index < -0.39 is 0 Å². The monoisotopic (exact) mass is 251 g/mol. The first-order valence-electron chi connectivity index (χ1n) is 5.93.